The Morgan fingerprint density at radius 1 is 0.735 bits per heavy atom. The van der Waals surface area contributed by atoms with Crippen molar-refractivity contribution >= 4 is 68.9 Å². The molecular formula is C22H30N10S2. The minimum atomic E-state index is 0.417. The standard InChI is InChI=1S/C11H15N5S.C7H5NS.C4H10N4/c1-8(14-12)9(2)15-16-11(17)13-10-6-4-3-5-7-10;9-6-8-7-4-2-1-3-5-7;1-3(7-5)4(2)8-6/h3-7H,12H2,1-2H3,(H2,13,16,17);1-5H;5-6H2,1-2H3/b14-8+,15-9+;;7-3+,8-4+. The summed E-state index contributed by atoms with van der Waals surface area (Å²) in [6.07, 6.45) is 0. The van der Waals surface area contributed by atoms with Crippen LogP contribution in [0.3, 0.4) is 0 Å². The number of para-hydroxylation sites is 2. The molecule has 0 aromatic heterocycles. The van der Waals surface area contributed by atoms with E-state index in [-0.39, 0.29) is 0 Å². The summed E-state index contributed by atoms with van der Waals surface area (Å²) in [5, 5.41) is 20.0. The number of anilines is 1. The zero-order chi connectivity index (χ0) is 25.8. The van der Waals surface area contributed by atoms with Gasteiger partial charge >= 0.3 is 0 Å². The van der Waals surface area contributed by atoms with Gasteiger partial charge in [-0.15, -0.1) is 0 Å². The molecule has 34 heavy (non-hydrogen) atoms. The van der Waals surface area contributed by atoms with Crippen molar-refractivity contribution in [2.24, 2.45) is 42.9 Å². The highest BCUT2D eigenvalue weighted by Gasteiger charge is 1.98. The van der Waals surface area contributed by atoms with E-state index >= 15 is 0 Å². The first kappa shape index (κ1) is 30.0. The maximum atomic E-state index is 5.13. The topological polar surface area (TPSA) is 164 Å². The molecule has 0 bridgehead atoms. The zero-order valence-electron chi connectivity index (χ0n) is 19.6. The molecule has 0 saturated heterocycles. The lowest BCUT2D eigenvalue weighted by atomic mass is 10.3. The van der Waals surface area contributed by atoms with Crippen LogP contribution in [0.1, 0.15) is 27.7 Å². The van der Waals surface area contributed by atoms with Gasteiger partial charge in [-0.2, -0.15) is 25.4 Å². The highest BCUT2D eigenvalue weighted by atomic mass is 32.1. The molecule has 0 atom stereocenters. The second-order valence-corrected chi connectivity index (χ2v) is 6.90. The van der Waals surface area contributed by atoms with E-state index in [0.717, 1.165) is 11.4 Å². The Kier molecular flexibility index (Phi) is 16.4. The lowest BCUT2D eigenvalue weighted by Crippen LogP contribution is -2.26. The van der Waals surface area contributed by atoms with Crippen molar-refractivity contribution in [3.8, 4) is 0 Å². The van der Waals surface area contributed by atoms with Crippen LogP contribution in [0.2, 0.25) is 0 Å². The van der Waals surface area contributed by atoms with Gasteiger partial charge in [0.15, 0.2) is 5.11 Å². The smallest absolute Gasteiger partial charge is 0.191 e. The second kappa shape index (κ2) is 18.6. The summed E-state index contributed by atoms with van der Waals surface area (Å²) in [6, 6.07) is 19.1. The third-order valence-corrected chi connectivity index (χ3v) is 4.20. The van der Waals surface area contributed by atoms with Crippen molar-refractivity contribution in [2.45, 2.75) is 27.7 Å². The maximum absolute atomic E-state index is 5.13. The number of hydrogen-bond acceptors (Lipinski definition) is 10. The molecule has 0 radical (unpaired) electrons. The van der Waals surface area contributed by atoms with Crippen LogP contribution in [-0.4, -0.2) is 33.1 Å². The van der Waals surface area contributed by atoms with Gasteiger partial charge < -0.3 is 22.8 Å². The number of nitrogens with zero attached hydrogens (tertiary/aromatic N) is 5. The summed E-state index contributed by atoms with van der Waals surface area (Å²) in [4.78, 5) is 3.77. The highest BCUT2D eigenvalue weighted by molar-refractivity contribution is 7.80. The van der Waals surface area contributed by atoms with Crippen molar-refractivity contribution in [1.29, 1.82) is 0 Å². The quantitative estimate of drug-likeness (QED) is 0.181. The van der Waals surface area contributed by atoms with Gasteiger partial charge in [-0.25, -0.2) is 0 Å². The fraction of sp³-hybridized carbons (Fsp3) is 0.182. The highest BCUT2D eigenvalue weighted by Crippen LogP contribution is 2.07. The van der Waals surface area contributed by atoms with Gasteiger partial charge in [0, 0.05) is 5.69 Å². The summed E-state index contributed by atoms with van der Waals surface area (Å²) in [6.45, 7) is 7.05. The molecule has 2 rings (SSSR count). The molecule has 2 aromatic rings. The van der Waals surface area contributed by atoms with E-state index in [4.69, 9.17) is 29.7 Å². The second-order valence-electron chi connectivity index (χ2n) is 6.31. The van der Waals surface area contributed by atoms with E-state index in [1.54, 1.807) is 27.7 Å². The minimum absolute atomic E-state index is 0.417. The van der Waals surface area contributed by atoms with E-state index in [9.17, 15) is 0 Å². The average molecular weight is 499 g/mol. The van der Waals surface area contributed by atoms with E-state index in [2.05, 4.69) is 53.5 Å². The summed E-state index contributed by atoms with van der Waals surface area (Å²) >= 11 is 9.49. The van der Waals surface area contributed by atoms with Crippen LogP contribution in [0.15, 0.2) is 86.1 Å². The number of hydrogen-bond donors (Lipinski definition) is 5. The summed E-state index contributed by atoms with van der Waals surface area (Å²) in [7, 11) is 0. The Morgan fingerprint density at radius 3 is 1.62 bits per heavy atom. The maximum Gasteiger partial charge on any atom is 0.191 e. The summed E-state index contributed by atoms with van der Waals surface area (Å²) in [5.74, 6) is 14.9. The molecule has 2 aromatic carbocycles. The van der Waals surface area contributed by atoms with Crippen molar-refractivity contribution in [3.63, 3.8) is 0 Å². The molecule has 0 spiro atoms. The summed E-state index contributed by atoms with van der Waals surface area (Å²) < 4.78 is 0. The number of hydrazone groups is 4. The van der Waals surface area contributed by atoms with E-state index in [1.807, 2.05) is 60.7 Å². The van der Waals surface area contributed by atoms with Gasteiger partial charge in [-0.1, -0.05) is 36.4 Å². The molecule has 12 heteroatoms. The van der Waals surface area contributed by atoms with Crippen LogP contribution >= 0.6 is 24.4 Å². The molecule has 180 valence electrons. The van der Waals surface area contributed by atoms with Crippen LogP contribution < -0.4 is 28.3 Å². The predicted molar refractivity (Wildman–Crippen MR) is 152 cm³/mol. The summed E-state index contributed by atoms with van der Waals surface area (Å²) in [5.41, 5.74) is 7.13. The van der Waals surface area contributed by atoms with Crippen molar-refractivity contribution in [2.75, 3.05) is 5.32 Å². The Bertz CT molecular complexity index is 1030. The van der Waals surface area contributed by atoms with Gasteiger partial charge in [0.1, 0.15) is 0 Å². The number of aliphatic imine (C=N–C) groups is 1. The number of thiocarbonyl (C=S) groups is 2. The van der Waals surface area contributed by atoms with Crippen LogP contribution in [-0.2, 0) is 0 Å². The fourth-order valence-electron chi connectivity index (χ4n) is 1.73. The Morgan fingerprint density at radius 2 is 1.18 bits per heavy atom. The third-order valence-electron chi connectivity index (χ3n) is 3.92. The minimum Gasteiger partial charge on any atom is -0.331 e. The number of isothiocyanates is 1. The van der Waals surface area contributed by atoms with E-state index < -0.39 is 0 Å². The van der Waals surface area contributed by atoms with Crippen molar-refractivity contribution < 1.29 is 0 Å². The number of rotatable bonds is 5. The van der Waals surface area contributed by atoms with Gasteiger partial charge in [0.25, 0.3) is 0 Å². The number of nitrogens with one attached hydrogen (secondary N) is 2. The molecule has 0 fully saturated rings. The monoisotopic (exact) mass is 498 g/mol. The molecule has 0 aliphatic rings. The SMILES string of the molecule is CC(=N\N)/C(C)=N/N.CC(=N\N)/C(C)=N/NC(=S)Nc1ccccc1.S=C=Nc1ccccc1. The van der Waals surface area contributed by atoms with Crippen LogP contribution in [0, 0.1) is 0 Å². The molecule has 10 nitrogen and oxygen atoms in total. The lowest BCUT2D eigenvalue weighted by Gasteiger charge is -2.07. The Hall–Kier alpha value is -3.99. The van der Waals surface area contributed by atoms with Crippen molar-refractivity contribution in [1.82, 2.24) is 5.43 Å². The Labute approximate surface area is 210 Å². The normalized spacial score (nSPS) is 11.5. The van der Waals surface area contributed by atoms with Crippen LogP contribution in [0.5, 0.6) is 0 Å². The third kappa shape index (κ3) is 14.1. The molecule has 0 heterocycles. The fourth-order valence-corrected chi connectivity index (χ4v) is 2.00. The molecule has 0 aliphatic carbocycles. The largest absolute Gasteiger partial charge is 0.331 e. The van der Waals surface area contributed by atoms with E-state index in [0.29, 0.717) is 28.0 Å². The van der Waals surface area contributed by atoms with Gasteiger partial charge in [-0.05, 0) is 76.4 Å². The molecule has 0 saturated carbocycles. The molecular weight excluding hydrogens is 468 g/mol. The first-order valence-corrected chi connectivity index (χ1v) is 10.6. The predicted octanol–water partition coefficient (Wildman–Crippen LogP) is 3.76. The number of nitrogens with two attached hydrogens (primary N) is 3. The first-order chi connectivity index (χ1) is 16.3. The van der Waals surface area contributed by atoms with Crippen molar-refractivity contribution in [3.05, 3.63) is 60.7 Å². The molecule has 0 amide bonds. The molecule has 0 aliphatic heterocycles. The van der Waals surface area contributed by atoms with Gasteiger partial charge in [0.05, 0.1) is 33.7 Å². The van der Waals surface area contributed by atoms with Gasteiger partial charge in [-0.3, -0.25) is 5.43 Å². The number of benzene rings is 2. The zero-order valence-corrected chi connectivity index (χ0v) is 21.2. The first-order valence-electron chi connectivity index (χ1n) is 9.82. The van der Waals surface area contributed by atoms with Gasteiger partial charge in [0.2, 0.25) is 0 Å². The average Bonchev–Trinajstić information content (AvgIpc) is 2.88. The van der Waals surface area contributed by atoms with E-state index in [1.165, 1.54) is 0 Å². The molecule has 8 N–H and O–H groups in total. The lowest BCUT2D eigenvalue weighted by molar-refractivity contribution is 1.04. The van der Waals surface area contributed by atoms with Crippen LogP contribution in [0.4, 0.5) is 11.4 Å². The molecule has 0 unspecified atom stereocenters. The van der Waals surface area contributed by atoms with Crippen LogP contribution in [0.25, 0.3) is 0 Å². The Balaban J connectivity index is 0.000000538.